The van der Waals surface area contributed by atoms with Crippen molar-refractivity contribution < 1.29 is 4.39 Å². The molecule has 0 aliphatic carbocycles. The molecule has 0 atom stereocenters. The monoisotopic (exact) mass is 331 g/mol. The molecule has 3 aromatic heterocycles. The Balaban J connectivity index is 1.76. The summed E-state index contributed by atoms with van der Waals surface area (Å²) in [5.74, 6) is 0.422. The van der Waals surface area contributed by atoms with Crippen molar-refractivity contribution in [3.63, 3.8) is 0 Å². The average Bonchev–Trinajstić information content (AvgIpc) is 3.13. The second kappa shape index (κ2) is 6.24. The Morgan fingerprint density at radius 1 is 0.880 bits per heavy atom. The van der Waals surface area contributed by atoms with Crippen molar-refractivity contribution >= 4 is 0 Å². The van der Waals surface area contributed by atoms with Gasteiger partial charge in [-0.05, 0) is 55.0 Å². The zero-order valence-corrected chi connectivity index (χ0v) is 13.5. The van der Waals surface area contributed by atoms with Crippen LogP contribution in [-0.2, 0) is 0 Å². The smallest absolute Gasteiger partial charge is 0.155 e. The van der Waals surface area contributed by atoms with Crippen LogP contribution in [0.2, 0.25) is 0 Å². The van der Waals surface area contributed by atoms with Crippen molar-refractivity contribution in [1.82, 2.24) is 25.0 Å². The van der Waals surface area contributed by atoms with Gasteiger partial charge in [0.1, 0.15) is 5.82 Å². The van der Waals surface area contributed by atoms with Gasteiger partial charge in [-0.1, -0.05) is 11.3 Å². The summed E-state index contributed by atoms with van der Waals surface area (Å²) in [6.07, 6.45) is 5.19. The summed E-state index contributed by atoms with van der Waals surface area (Å²) in [7, 11) is 0. The molecule has 0 bridgehead atoms. The van der Waals surface area contributed by atoms with E-state index in [0.29, 0.717) is 5.82 Å². The number of nitrogens with zero attached hydrogens (tertiary/aromatic N) is 5. The van der Waals surface area contributed by atoms with E-state index >= 15 is 0 Å². The van der Waals surface area contributed by atoms with Gasteiger partial charge in [-0.25, -0.2) is 9.37 Å². The van der Waals surface area contributed by atoms with Crippen molar-refractivity contribution in [2.45, 2.75) is 6.92 Å². The predicted octanol–water partition coefficient (Wildman–Crippen LogP) is 3.84. The quantitative estimate of drug-likeness (QED) is 0.572. The Labute approximate surface area is 143 Å². The minimum atomic E-state index is -0.271. The first-order chi connectivity index (χ1) is 12.2. The van der Waals surface area contributed by atoms with Gasteiger partial charge in [-0.15, -0.1) is 5.10 Å². The number of rotatable bonds is 3. The van der Waals surface area contributed by atoms with Crippen LogP contribution in [0.25, 0.3) is 28.3 Å². The minimum absolute atomic E-state index is 0.271. The number of hydrogen-bond acceptors (Lipinski definition) is 4. The minimum Gasteiger partial charge on any atom is -0.256 e. The van der Waals surface area contributed by atoms with Gasteiger partial charge in [0.05, 0.1) is 17.6 Å². The van der Waals surface area contributed by atoms with E-state index in [1.165, 1.54) is 12.1 Å². The van der Waals surface area contributed by atoms with Gasteiger partial charge >= 0.3 is 0 Å². The third-order valence-corrected chi connectivity index (χ3v) is 3.86. The van der Waals surface area contributed by atoms with Crippen LogP contribution in [0.15, 0.2) is 67.1 Å². The maximum Gasteiger partial charge on any atom is 0.155 e. The molecular weight excluding hydrogens is 317 g/mol. The van der Waals surface area contributed by atoms with Crippen molar-refractivity contribution in [3.8, 4) is 28.3 Å². The van der Waals surface area contributed by atoms with Crippen LogP contribution in [0.1, 0.15) is 5.56 Å². The van der Waals surface area contributed by atoms with Crippen LogP contribution in [0.5, 0.6) is 0 Å². The van der Waals surface area contributed by atoms with Gasteiger partial charge in [0.2, 0.25) is 0 Å². The summed E-state index contributed by atoms with van der Waals surface area (Å²) in [6, 6.07) is 13.9. The van der Waals surface area contributed by atoms with E-state index in [4.69, 9.17) is 0 Å². The van der Waals surface area contributed by atoms with E-state index in [1.807, 2.05) is 31.2 Å². The molecule has 0 radical (unpaired) electrons. The van der Waals surface area contributed by atoms with Crippen LogP contribution in [-0.4, -0.2) is 25.0 Å². The fourth-order valence-corrected chi connectivity index (χ4v) is 2.55. The van der Waals surface area contributed by atoms with Gasteiger partial charge in [0, 0.05) is 23.5 Å². The van der Waals surface area contributed by atoms with Gasteiger partial charge in [0.25, 0.3) is 0 Å². The molecule has 0 fully saturated rings. The fraction of sp³-hybridized carbons (Fsp3) is 0.0526. The van der Waals surface area contributed by atoms with Crippen LogP contribution in [0, 0.1) is 12.7 Å². The zero-order valence-electron chi connectivity index (χ0n) is 13.5. The Hall–Kier alpha value is -3.41. The van der Waals surface area contributed by atoms with Gasteiger partial charge < -0.3 is 0 Å². The molecule has 0 spiro atoms. The Morgan fingerprint density at radius 3 is 2.48 bits per heavy atom. The first-order valence-electron chi connectivity index (χ1n) is 7.77. The van der Waals surface area contributed by atoms with Gasteiger partial charge in [0.15, 0.2) is 5.82 Å². The van der Waals surface area contributed by atoms with Crippen LogP contribution < -0.4 is 0 Å². The van der Waals surface area contributed by atoms with Crippen LogP contribution in [0.3, 0.4) is 0 Å². The summed E-state index contributed by atoms with van der Waals surface area (Å²) in [5, 5.41) is 8.15. The first kappa shape index (κ1) is 15.1. The summed E-state index contributed by atoms with van der Waals surface area (Å²) in [5.41, 5.74) is 4.38. The normalized spacial score (nSPS) is 10.8. The maximum absolute atomic E-state index is 13.1. The second-order valence-corrected chi connectivity index (χ2v) is 5.66. The van der Waals surface area contributed by atoms with Crippen molar-refractivity contribution in [2.75, 3.05) is 0 Å². The first-order valence-corrected chi connectivity index (χ1v) is 7.77. The molecule has 5 nitrogen and oxygen atoms in total. The highest BCUT2D eigenvalue weighted by Crippen LogP contribution is 2.25. The summed E-state index contributed by atoms with van der Waals surface area (Å²) >= 11 is 0. The average molecular weight is 331 g/mol. The number of pyridine rings is 2. The Kier molecular flexibility index (Phi) is 3.78. The van der Waals surface area contributed by atoms with Gasteiger partial charge in [-0.2, -0.15) is 4.68 Å². The number of hydrogen-bond donors (Lipinski definition) is 0. The molecule has 0 N–H and O–H groups in total. The van der Waals surface area contributed by atoms with E-state index in [-0.39, 0.29) is 5.82 Å². The van der Waals surface area contributed by atoms with E-state index < -0.39 is 0 Å². The van der Waals surface area contributed by atoms with Crippen molar-refractivity contribution in [2.24, 2.45) is 0 Å². The lowest BCUT2D eigenvalue weighted by atomic mass is 10.1. The number of aromatic nitrogens is 5. The third-order valence-electron chi connectivity index (χ3n) is 3.86. The van der Waals surface area contributed by atoms with Crippen LogP contribution in [0.4, 0.5) is 4.39 Å². The predicted molar refractivity (Wildman–Crippen MR) is 92.5 cm³/mol. The zero-order chi connectivity index (χ0) is 17.2. The molecule has 0 aliphatic heterocycles. The number of benzene rings is 1. The summed E-state index contributed by atoms with van der Waals surface area (Å²) < 4.78 is 14.8. The molecule has 0 aliphatic rings. The SMILES string of the molecule is Cc1ccc(-n2nncc2-c2ccnc(-c3ccc(F)cc3)c2)nc1. The summed E-state index contributed by atoms with van der Waals surface area (Å²) in [4.78, 5) is 8.78. The van der Waals surface area contributed by atoms with E-state index in [2.05, 4.69) is 20.3 Å². The molecule has 6 heteroatoms. The molecule has 0 amide bonds. The Morgan fingerprint density at radius 2 is 1.72 bits per heavy atom. The second-order valence-electron chi connectivity index (χ2n) is 5.66. The molecular formula is C19H14FN5. The molecule has 4 aromatic rings. The fourth-order valence-electron chi connectivity index (χ4n) is 2.55. The van der Waals surface area contributed by atoms with E-state index in [9.17, 15) is 4.39 Å². The molecule has 0 unspecified atom stereocenters. The topological polar surface area (TPSA) is 56.5 Å². The number of halogens is 1. The van der Waals surface area contributed by atoms with E-state index in [0.717, 1.165) is 28.1 Å². The molecule has 3 heterocycles. The molecule has 0 saturated carbocycles. The molecule has 0 saturated heterocycles. The molecule has 4 rings (SSSR count). The maximum atomic E-state index is 13.1. The highest BCUT2D eigenvalue weighted by molar-refractivity contribution is 5.68. The summed E-state index contributed by atoms with van der Waals surface area (Å²) in [6.45, 7) is 1.98. The molecule has 25 heavy (non-hydrogen) atoms. The highest BCUT2D eigenvalue weighted by Gasteiger charge is 2.11. The highest BCUT2D eigenvalue weighted by atomic mass is 19.1. The number of aryl methyl sites for hydroxylation is 1. The van der Waals surface area contributed by atoms with Crippen molar-refractivity contribution in [3.05, 3.63) is 78.5 Å². The lowest BCUT2D eigenvalue weighted by Crippen LogP contribution is -2.02. The standard InChI is InChI=1S/C19H14FN5/c1-13-2-7-19(22-11-13)25-18(12-23-24-25)15-8-9-21-17(10-15)14-3-5-16(20)6-4-14/h2-12H,1H3. The lowest BCUT2D eigenvalue weighted by Gasteiger charge is -2.07. The Bertz CT molecular complexity index is 1010. The van der Waals surface area contributed by atoms with Crippen LogP contribution >= 0.6 is 0 Å². The third kappa shape index (κ3) is 3.01. The van der Waals surface area contributed by atoms with Gasteiger partial charge in [-0.3, -0.25) is 4.98 Å². The molecule has 1 aromatic carbocycles. The molecule has 122 valence electrons. The van der Waals surface area contributed by atoms with E-state index in [1.54, 1.807) is 35.4 Å². The lowest BCUT2D eigenvalue weighted by molar-refractivity contribution is 0.628. The van der Waals surface area contributed by atoms with Crippen molar-refractivity contribution in [1.29, 1.82) is 0 Å². The largest absolute Gasteiger partial charge is 0.256 e.